The van der Waals surface area contributed by atoms with Crippen LogP contribution in [0.2, 0.25) is 0 Å². The Balaban J connectivity index is 2.47. The van der Waals surface area contributed by atoms with Gasteiger partial charge in [-0.25, -0.2) is 0 Å². The normalized spacial score (nSPS) is 28.7. The largest absolute Gasteiger partial charge is 0.481 e. The Hall–Kier alpha value is -0.610. The van der Waals surface area contributed by atoms with Crippen LogP contribution in [0.1, 0.15) is 20.3 Å². The van der Waals surface area contributed by atoms with Crippen LogP contribution in [0.15, 0.2) is 0 Å². The van der Waals surface area contributed by atoms with Crippen LogP contribution in [-0.2, 0) is 4.79 Å². The highest BCUT2D eigenvalue weighted by Crippen LogP contribution is 2.17. The Morgan fingerprint density at radius 2 is 2.15 bits per heavy atom. The highest BCUT2D eigenvalue weighted by Gasteiger charge is 2.30. The first-order valence-corrected chi connectivity index (χ1v) is 4.67. The van der Waals surface area contributed by atoms with Crippen molar-refractivity contribution in [2.45, 2.75) is 32.4 Å². The average molecular weight is 187 g/mol. The van der Waals surface area contributed by atoms with Crippen molar-refractivity contribution in [3.8, 4) is 0 Å². The molecule has 0 aromatic heterocycles. The molecule has 0 aromatic rings. The van der Waals surface area contributed by atoms with E-state index in [0.717, 1.165) is 13.0 Å². The van der Waals surface area contributed by atoms with Gasteiger partial charge in [-0.3, -0.25) is 9.69 Å². The third-order valence-electron chi connectivity index (χ3n) is 2.88. The van der Waals surface area contributed by atoms with Gasteiger partial charge < -0.3 is 10.2 Å². The maximum Gasteiger partial charge on any atom is 0.307 e. The molecule has 2 N–H and O–H groups in total. The summed E-state index contributed by atoms with van der Waals surface area (Å²) in [4.78, 5) is 12.7. The van der Waals surface area contributed by atoms with E-state index in [-0.39, 0.29) is 18.1 Å². The molecule has 0 amide bonds. The summed E-state index contributed by atoms with van der Waals surface area (Å²) in [5, 5.41) is 18.1. The first kappa shape index (κ1) is 10.5. The Morgan fingerprint density at radius 1 is 1.54 bits per heavy atom. The van der Waals surface area contributed by atoms with Crippen molar-refractivity contribution in [2.24, 2.45) is 5.92 Å². The minimum Gasteiger partial charge on any atom is -0.481 e. The summed E-state index contributed by atoms with van der Waals surface area (Å²) in [5.74, 6) is -1.14. The Bertz CT molecular complexity index is 195. The first-order chi connectivity index (χ1) is 6.02. The second-order valence-corrected chi connectivity index (χ2v) is 3.80. The number of aliphatic hydroxyl groups is 1. The third-order valence-corrected chi connectivity index (χ3v) is 2.88. The van der Waals surface area contributed by atoms with Crippen LogP contribution in [0.4, 0.5) is 0 Å². The highest BCUT2D eigenvalue weighted by molar-refractivity contribution is 5.70. The zero-order valence-electron chi connectivity index (χ0n) is 8.10. The molecular formula is C9H17NO3. The van der Waals surface area contributed by atoms with E-state index in [0.29, 0.717) is 6.54 Å². The number of aliphatic carboxylic acids is 1. The van der Waals surface area contributed by atoms with Gasteiger partial charge in [-0.1, -0.05) is 6.92 Å². The zero-order chi connectivity index (χ0) is 10.0. The van der Waals surface area contributed by atoms with E-state index in [1.807, 2.05) is 11.8 Å². The van der Waals surface area contributed by atoms with Crippen molar-refractivity contribution in [2.75, 3.05) is 13.1 Å². The quantitative estimate of drug-likeness (QED) is 0.661. The number of hydrogen-bond donors (Lipinski definition) is 2. The maximum absolute atomic E-state index is 10.7. The van der Waals surface area contributed by atoms with Crippen LogP contribution in [0.3, 0.4) is 0 Å². The summed E-state index contributed by atoms with van der Waals surface area (Å²) in [6.07, 6.45) is 0.486. The molecule has 3 unspecified atom stereocenters. The minimum atomic E-state index is -0.770. The molecule has 1 fully saturated rings. The highest BCUT2D eigenvalue weighted by atomic mass is 16.4. The number of aliphatic hydroxyl groups excluding tert-OH is 1. The molecule has 3 atom stereocenters. The van der Waals surface area contributed by atoms with E-state index in [2.05, 4.69) is 0 Å². The van der Waals surface area contributed by atoms with E-state index in [1.165, 1.54) is 0 Å². The SMILES string of the molecule is CC(C(=O)O)C(C)N1CCC(O)C1. The summed E-state index contributed by atoms with van der Waals surface area (Å²) < 4.78 is 0. The topological polar surface area (TPSA) is 60.8 Å². The summed E-state index contributed by atoms with van der Waals surface area (Å²) in [6, 6.07) is 0.00894. The molecule has 1 heterocycles. The van der Waals surface area contributed by atoms with Gasteiger partial charge in [-0.2, -0.15) is 0 Å². The second kappa shape index (κ2) is 4.07. The molecule has 4 heteroatoms. The third kappa shape index (κ3) is 2.42. The predicted octanol–water partition coefficient (Wildman–Crippen LogP) is 0.162. The minimum absolute atomic E-state index is 0.00894. The molecule has 76 valence electrons. The second-order valence-electron chi connectivity index (χ2n) is 3.80. The van der Waals surface area contributed by atoms with Crippen LogP contribution in [0.25, 0.3) is 0 Å². The molecule has 1 saturated heterocycles. The molecule has 1 aliphatic heterocycles. The van der Waals surface area contributed by atoms with E-state index < -0.39 is 5.97 Å². The molecule has 0 spiro atoms. The fraction of sp³-hybridized carbons (Fsp3) is 0.889. The standard InChI is InChI=1S/C9H17NO3/c1-6(9(12)13)7(2)10-4-3-8(11)5-10/h6-8,11H,3-5H2,1-2H3,(H,12,13). The lowest BCUT2D eigenvalue weighted by atomic mass is 10.0. The van der Waals surface area contributed by atoms with Crippen LogP contribution in [0, 0.1) is 5.92 Å². The summed E-state index contributed by atoms with van der Waals surface area (Å²) >= 11 is 0. The smallest absolute Gasteiger partial charge is 0.307 e. The summed E-state index contributed by atoms with van der Waals surface area (Å²) in [7, 11) is 0. The maximum atomic E-state index is 10.7. The Morgan fingerprint density at radius 3 is 2.54 bits per heavy atom. The molecule has 4 nitrogen and oxygen atoms in total. The Kier molecular flexibility index (Phi) is 3.27. The molecule has 1 rings (SSSR count). The lowest BCUT2D eigenvalue weighted by molar-refractivity contribution is -0.143. The monoisotopic (exact) mass is 187 g/mol. The molecule has 0 bridgehead atoms. The fourth-order valence-corrected chi connectivity index (χ4v) is 1.66. The molecule has 0 saturated carbocycles. The zero-order valence-corrected chi connectivity index (χ0v) is 8.10. The van der Waals surface area contributed by atoms with Crippen molar-refractivity contribution in [3.63, 3.8) is 0 Å². The van der Waals surface area contributed by atoms with Crippen molar-refractivity contribution in [1.29, 1.82) is 0 Å². The van der Waals surface area contributed by atoms with Gasteiger partial charge in [0.05, 0.1) is 12.0 Å². The van der Waals surface area contributed by atoms with E-state index >= 15 is 0 Å². The molecule has 0 radical (unpaired) electrons. The van der Waals surface area contributed by atoms with Gasteiger partial charge in [-0.05, 0) is 13.3 Å². The lowest BCUT2D eigenvalue weighted by Gasteiger charge is -2.26. The number of nitrogens with zero attached hydrogens (tertiary/aromatic N) is 1. The number of β-amino-alcohol motifs (C(OH)–C–C–N with tert-alkyl or cyclic N) is 1. The molecule has 0 aromatic carbocycles. The molecule has 0 aliphatic carbocycles. The van der Waals surface area contributed by atoms with Gasteiger partial charge in [-0.15, -0.1) is 0 Å². The number of carboxylic acids is 1. The summed E-state index contributed by atoms with van der Waals surface area (Å²) in [5.41, 5.74) is 0. The van der Waals surface area contributed by atoms with Crippen LogP contribution >= 0.6 is 0 Å². The van der Waals surface area contributed by atoms with Crippen molar-refractivity contribution in [3.05, 3.63) is 0 Å². The molecular weight excluding hydrogens is 170 g/mol. The molecule has 13 heavy (non-hydrogen) atoms. The van der Waals surface area contributed by atoms with Crippen LogP contribution < -0.4 is 0 Å². The predicted molar refractivity (Wildman–Crippen MR) is 48.5 cm³/mol. The van der Waals surface area contributed by atoms with Crippen molar-refractivity contribution in [1.82, 2.24) is 4.90 Å². The van der Waals surface area contributed by atoms with Gasteiger partial charge in [0, 0.05) is 19.1 Å². The van der Waals surface area contributed by atoms with Gasteiger partial charge in [0.15, 0.2) is 0 Å². The van der Waals surface area contributed by atoms with Gasteiger partial charge in [0.25, 0.3) is 0 Å². The van der Waals surface area contributed by atoms with Crippen molar-refractivity contribution < 1.29 is 15.0 Å². The van der Waals surface area contributed by atoms with E-state index in [4.69, 9.17) is 5.11 Å². The van der Waals surface area contributed by atoms with Gasteiger partial charge >= 0.3 is 5.97 Å². The van der Waals surface area contributed by atoms with Crippen LogP contribution in [-0.4, -0.2) is 46.3 Å². The molecule has 1 aliphatic rings. The van der Waals surface area contributed by atoms with Gasteiger partial charge in [0.2, 0.25) is 0 Å². The average Bonchev–Trinajstić information content (AvgIpc) is 2.49. The van der Waals surface area contributed by atoms with Crippen molar-refractivity contribution >= 4 is 5.97 Å². The van der Waals surface area contributed by atoms with E-state index in [9.17, 15) is 9.90 Å². The first-order valence-electron chi connectivity index (χ1n) is 4.67. The number of hydrogen-bond acceptors (Lipinski definition) is 3. The van der Waals surface area contributed by atoms with Gasteiger partial charge in [0.1, 0.15) is 0 Å². The lowest BCUT2D eigenvalue weighted by Crippen LogP contribution is -2.39. The summed E-state index contributed by atoms with van der Waals surface area (Å²) in [6.45, 7) is 5.02. The number of carboxylic acid groups (broad SMARTS) is 1. The number of likely N-dealkylation sites (tertiary alicyclic amines) is 1. The van der Waals surface area contributed by atoms with E-state index in [1.54, 1.807) is 6.92 Å². The number of carbonyl (C=O) groups is 1. The fourth-order valence-electron chi connectivity index (χ4n) is 1.66. The number of rotatable bonds is 3. The van der Waals surface area contributed by atoms with Crippen LogP contribution in [0.5, 0.6) is 0 Å². The Labute approximate surface area is 78.2 Å².